The van der Waals surface area contributed by atoms with Gasteiger partial charge in [0, 0.05) is 11.8 Å². The van der Waals surface area contributed by atoms with Crippen LogP contribution in [0, 0.1) is 0 Å². The fourth-order valence-electron chi connectivity index (χ4n) is 0.983. The number of nitrogens with two attached hydrogens (primary N) is 1. The molecule has 4 nitrogen and oxygen atoms in total. The second-order valence-corrected chi connectivity index (χ2v) is 2.83. The molecule has 0 radical (unpaired) electrons. The minimum absolute atomic E-state index is 0. The van der Waals surface area contributed by atoms with E-state index in [1.807, 2.05) is 0 Å². The molecule has 3 N–H and O–H groups in total. The van der Waals surface area contributed by atoms with Gasteiger partial charge in [0.15, 0.2) is 0 Å². The first-order chi connectivity index (χ1) is 7.40. The van der Waals surface area contributed by atoms with Gasteiger partial charge in [-0.2, -0.15) is 0 Å². The topological polar surface area (TPSA) is 64.4 Å². The van der Waals surface area contributed by atoms with Crippen molar-refractivity contribution in [2.45, 2.75) is 6.36 Å². The van der Waals surface area contributed by atoms with Crippen molar-refractivity contribution in [1.82, 2.24) is 0 Å². The Balaban J connectivity index is 0.00000256. The summed E-state index contributed by atoms with van der Waals surface area (Å²) in [4.78, 5) is 10.9. The molecular formula is C9H10ClF3N2O2. The Morgan fingerprint density at radius 2 is 2.06 bits per heavy atom. The summed E-state index contributed by atoms with van der Waals surface area (Å²) in [5, 5.41) is 2.31. The number of ether oxygens (including phenoxy) is 1. The number of hydrogen-bond acceptors (Lipinski definition) is 3. The lowest BCUT2D eigenvalue weighted by molar-refractivity contribution is -0.274. The predicted molar refractivity (Wildman–Crippen MR) is 58.1 cm³/mol. The molecular weight excluding hydrogens is 261 g/mol. The van der Waals surface area contributed by atoms with Crippen molar-refractivity contribution in [2.75, 3.05) is 11.9 Å². The number of anilines is 1. The van der Waals surface area contributed by atoms with E-state index >= 15 is 0 Å². The molecule has 0 spiro atoms. The Bertz CT molecular complexity index is 385. The Morgan fingerprint density at radius 1 is 1.41 bits per heavy atom. The molecule has 17 heavy (non-hydrogen) atoms. The van der Waals surface area contributed by atoms with Gasteiger partial charge in [-0.3, -0.25) is 4.79 Å². The van der Waals surface area contributed by atoms with Crippen LogP contribution in [-0.4, -0.2) is 18.8 Å². The van der Waals surface area contributed by atoms with E-state index in [2.05, 4.69) is 10.1 Å². The fraction of sp³-hybridized carbons (Fsp3) is 0.222. The monoisotopic (exact) mass is 270 g/mol. The third-order valence-electron chi connectivity index (χ3n) is 1.54. The SMILES string of the molecule is Cl.NCC(=O)Nc1cccc(OC(F)(F)F)c1. The molecule has 0 fully saturated rings. The van der Waals surface area contributed by atoms with Gasteiger partial charge in [-0.05, 0) is 12.1 Å². The molecule has 1 rings (SSSR count). The number of benzene rings is 1. The summed E-state index contributed by atoms with van der Waals surface area (Å²) < 4.78 is 39.3. The zero-order valence-corrected chi connectivity index (χ0v) is 9.27. The van der Waals surface area contributed by atoms with Gasteiger partial charge in [-0.15, -0.1) is 25.6 Å². The van der Waals surface area contributed by atoms with E-state index in [1.54, 1.807) is 0 Å². The first-order valence-electron chi connectivity index (χ1n) is 4.26. The van der Waals surface area contributed by atoms with Gasteiger partial charge in [0.1, 0.15) is 5.75 Å². The van der Waals surface area contributed by atoms with E-state index in [4.69, 9.17) is 5.73 Å². The first-order valence-corrected chi connectivity index (χ1v) is 4.26. The van der Waals surface area contributed by atoms with Gasteiger partial charge in [-0.1, -0.05) is 6.07 Å². The lowest BCUT2D eigenvalue weighted by Crippen LogP contribution is -2.22. The maximum atomic E-state index is 11.9. The van der Waals surface area contributed by atoms with Gasteiger partial charge in [-0.25, -0.2) is 0 Å². The van der Waals surface area contributed by atoms with Crippen molar-refractivity contribution in [1.29, 1.82) is 0 Å². The van der Waals surface area contributed by atoms with E-state index in [9.17, 15) is 18.0 Å². The number of carbonyl (C=O) groups is 1. The summed E-state index contributed by atoms with van der Waals surface area (Å²) in [6.07, 6.45) is -4.75. The molecule has 1 aromatic carbocycles. The second kappa shape index (κ2) is 6.31. The van der Waals surface area contributed by atoms with Crippen molar-refractivity contribution in [3.63, 3.8) is 0 Å². The van der Waals surface area contributed by atoms with E-state index in [1.165, 1.54) is 12.1 Å². The molecule has 0 aliphatic carbocycles. The molecule has 0 atom stereocenters. The molecule has 0 aromatic heterocycles. The molecule has 8 heteroatoms. The van der Waals surface area contributed by atoms with Crippen molar-refractivity contribution in [2.24, 2.45) is 5.73 Å². The Kier molecular flexibility index (Phi) is 5.77. The quantitative estimate of drug-likeness (QED) is 0.882. The van der Waals surface area contributed by atoms with Crippen LogP contribution in [0.2, 0.25) is 0 Å². The molecule has 0 aliphatic heterocycles. The van der Waals surface area contributed by atoms with E-state index in [0.29, 0.717) is 0 Å². The highest BCUT2D eigenvalue weighted by molar-refractivity contribution is 5.92. The maximum Gasteiger partial charge on any atom is 0.573 e. The lowest BCUT2D eigenvalue weighted by atomic mass is 10.3. The molecule has 0 heterocycles. The average molecular weight is 271 g/mol. The summed E-state index contributed by atoms with van der Waals surface area (Å²) in [6, 6.07) is 4.94. The number of amides is 1. The molecule has 0 bridgehead atoms. The largest absolute Gasteiger partial charge is 0.573 e. The maximum absolute atomic E-state index is 11.9. The van der Waals surface area contributed by atoms with Crippen LogP contribution < -0.4 is 15.8 Å². The molecule has 0 saturated heterocycles. The van der Waals surface area contributed by atoms with Crippen molar-refractivity contribution in [3.05, 3.63) is 24.3 Å². The number of nitrogens with one attached hydrogen (secondary N) is 1. The van der Waals surface area contributed by atoms with Crippen LogP contribution in [0.15, 0.2) is 24.3 Å². The van der Waals surface area contributed by atoms with Gasteiger partial charge < -0.3 is 15.8 Å². The highest BCUT2D eigenvalue weighted by Crippen LogP contribution is 2.24. The van der Waals surface area contributed by atoms with Gasteiger partial charge in [0.25, 0.3) is 0 Å². The molecule has 0 aliphatic rings. The van der Waals surface area contributed by atoms with Crippen LogP contribution >= 0.6 is 12.4 Å². The normalized spacial score (nSPS) is 10.4. The van der Waals surface area contributed by atoms with Crippen LogP contribution in [0.4, 0.5) is 18.9 Å². The minimum Gasteiger partial charge on any atom is -0.406 e. The van der Waals surface area contributed by atoms with E-state index in [-0.39, 0.29) is 24.6 Å². The van der Waals surface area contributed by atoms with Crippen LogP contribution in [0.1, 0.15) is 0 Å². The van der Waals surface area contributed by atoms with Gasteiger partial charge in [0.05, 0.1) is 6.54 Å². The number of halogens is 4. The third-order valence-corrected chi connectivity index (χ3v) is 1.54. The Hall–Kier alpha value is -1.47. The fourth-order valence-corrected chi connectivity index (χ4v) is 0.983. The van der Waals surface area contributed by atoms with Crippen molar-refractivity contribution >= 4 is 24.0 Å². The molecule has 96 valence electrons. The summed E-state index contributed by atoms with van der Waals surface area (Å²) in [6.45, 7) is -0.246. The number of alkyl halides is 3. The smallest absolute Gasteiger partial charge is 0.406 e. The zero-order chi connectivity index (χ0) is 12.2. The Morgan fingerprint density at radius 3 is 2.59 bits per heavy atom. The van der Waals surface area contributed by atoms with Crippen molar-refractivity contribution < 1.29 is 22.7 Å². The molecule has 1 amide bonds. The van der Waals surface area contributed by atoms with E-state index in [0.717, 1.165) is 12.1 Å². The third kappa shape index (κ3) is 5.98. The Labute approximate surface area is 101 Å². The number of hydrogen-bond donors (Lipinski definition) is 2. The van der Waals surface area contributed by atoms with Crippen LogP contribution in [0.25, 0.3) is 0 Å². The lowest BCUT2D eigenvalue weighted by Gasteiger charge is -2.10. The highest BCUT2D eigenvalue weighted by Gasteiger charge is 2.31. The summed E-state index contributed by atoms with van der Waals surface area (Å²) in [5.41, 5.74) is 5.23. The predicted octanol–water partition coefficient (Wildman–Crippen LogP) is 1.90. The number of rotatable bonds is 3. The summed E-state index contributed by atoms with van der Waals surface area (Å²) in [7, 11) is 0. The molecule has 0 unspecified atom stereocenters. The van der Waals surface area contributed by atoms with Gasteiger partial charge in [0.2, 0.25) is 5.91 Å². The summed E-state index contributed by atoms with van der Waals surface area (Å²) in [5.74, 6) is -0.897. The molecule has 1 aromatic rings. The van der Waals surface area contributed by atoms with Crippen molar-refractivity contribution in [3.8, 4) is 5.75 Å². The van der Waals surface area contributed by atoms with Gasteiger partial charge >= 0.3 is 6.36 Å². The zero-order valence-electron chi connectivity index (χ0n) is 8.45. The highest BCUT2D eigenvalue weighted by atomic mass is 35.5. The average Bonchev–Trinajstić information content (AvgIpc) is 2.15. The number of carbonyl (C=O) groups excluding carboxylic acids is 1. The van der Waals surface area contributed by atoms with E-state index < -0.39 is 18.0 Å². The summed E-state index contributed by atoms with van der Waals surface area (Å²) >= 11 is 0. The minimum atomic E-state index is -4.75. The molecule has 0 saturated carbocycles. The standard InChI is InChI=1S/C9H9F3N2O2.ClH/c10-9(11,12)16-7-3-1-2-6(4-7)14-8(15)5-13;/h1-4H,5,13H2,(H,14,15);1H. The van der Waals surface area contributed by atoms with Crippen LogP contribution in [0.3, 0.4) is 0 Å². The first kappa shape index (κ1) is 15.5. The van der Waals surface area contributed by atoms with Crippen LogP contribution in [-0.2, 0) is 4.79 Å². The second-order valence-electron chi connectivity index (χ2n) is 2.83. The van der Waals surface area contributed by atoms with Crippen LogP contribution in [0.5, 0.6) is 5.75 Å².